The summed E-state index contributed by atoms with van der Waals surface area (Å²) in [7, 11) is 0. The van der Waals surface area contributed by atoms with Crippen LogP contribution in [0.25, 0.3) is 22.6 Å². The highest BCUT2D eigenvalue weighted by molar-refractivity contribution is 5.78. The molecule has 0 aliphatic carbocycles. The molecule has 0 fully saturated rings. The zero-order valence-corrected chi connectivity index (χ0v) is 19.8. The van der Waals surface area contributed by atoms with E-state index in [1.54, 1.807) is 10.9 Å². The van der Waals surface area contributed by atoms with Gasteiger partial charge in [0.1, 0.15) is 12.3 Å². The molecule has 0 saturated heterocycles. The van der Waals surface area contributed by atoms with Gasteiger partial charge in [0.05, 0.1) is 0 Å². The first-order valence-electron chi connectivity index (χ1n) is 11.9. The molecule has 0 amide bonds. The zero-order chi connectivity index (χ0) is 25.1. The fraction of sp³-hybridized carbons (Fsp3) is 0.0667. The molecule has 0 radical (unpaired) electrons. The van der Waals surface area contributed by atoms with Gasteiger partial charge in [0.25, 0.3) is 0 Å². The summed E-state index contributed by atoms with van der Waals surface area (Å²) in [6.45, 7) is -0.225. The topological polar surface area (TPSA) is 89.9 Å². The molecule has 0 aliphatic heterocycles. The molecule has 0 saturated carbocycles. The van der Waals surface area contributed by atoms with Gasteiger partial charge >= 0.3 is 0 Å². The Morgan fingerprint density at radius 3 is 1.70 bits per heavy atom. The summed E-state index contributed by atoms with van der Waals surface area (Å²) in [5.41, 5.74) is 4.31. The van der Waals surface area contributed by atoms with E-state index in [-0.39, 0.29) is 6.61 Å². The average Bonchev–Trinajstić information content (AvgIpc) is 3.66. The van der Waals surface area contributed by atoms with Crippen molar-refractivity contribution in [2.75, 3.05) is 0 Å². The normalized spacial score (nSPS) is 11.5. The molecule has 0 unspecified atom stereocenters. The van der Waals surface area contributed by atoms with E-state index < -0.39 is 5.54 Å². The summed E-state index contributed by atoms with van der Waals surface area (Å²) in [4.78, 5) is 1.70. The van der Waals surface area contributed by atoms with Crippen LogP contribution in [-0.4, -0.2) is 30.5 Å². The van der Waals surface area contributed by atoms with Crippen LogP contribution in [0.4, 0.5) is 0 Å². The third-order valence-corrected chi connectivity index (χ3v) is 6.45. The average molecular weight is 486 g/mol. The van der Waals surface area contributed by atoms with Gasteiger partial charge < -0.3 is 9.63 Å². The monoisotopic (exact) mass is 485 g/mol. The molecule has 0 atom stereocenters. The highest BCUT2D eigenvalue weighted by Gasteiger charge is 2.41. The maximum atomic E-state index is 9.43. The lowest BCUT2D eigenvalue weighted by atomic mass is 9.77. The van der Waals surface area contributed by atoms with Crippen LogP contribution in [0.2, 0.25) is 0 Å². The Labute approximate surface area is 213 Å². The number of nitrogens with zero attached hydrogens (tertiary/aromatic N) is 5. The molecule has 7 nitrogen and oxygen atoms in total. The molecular formula is C30H23N5O2. The predicted octanol–water partition coefficient (Wildman–Crippen LogP) is 5.33. The Hall–Kier alpha value is -4.88. The van der Waals surface area contributed by atoms with Gasteiger partial charge in [-0.1, -0.05) is 120 Å². The van der Waals surface area contributed by atoms with Gasteiger partial charge in [0.2, 0.25) is 5.82 Å². The van der Waals surface area contributed by atoms with E-state index in [1.807, 2.05) is 78.9 Å². The third-order valence-electron chi connectivity index (χ3n) is 6.45. The number of rotatable bonds is 7. The maximum absolute atomic E-state index is 9.43. The molecule has 2 heterocycles. The Kier molecular flexibility index (Phi) is 5.88. The Morgan fingerprint density at radius 2 is 1.19 bits per heavy atom. The molecule has 6 aromatic rings. The Morgan fingerprint density at radius 1 is 0.676 bits per heavy atom. The molecule has 37 heavy (non-hydrogen) atoms. The molecule has 0 bridgehead atoms. The van der Waals surface area contributed by atoms with Gasteiger partial charge in [-0.15, -0.1) is 15.0 Å². The lowest BCUT2D eigenvalue weighted by Gasteiger charge is -2.34. The molecule has 2 aromatic heterocycles. The van der Waals surface area contributed by atoms with Crippen LogP contribution in [0.15, 0.2) is 126 Å². The highest BCUT2D eigenvalue weighted by Crippen LogP contribution is 2.40. The van der Waals surface area contributed by atoms with E-state index in [9.17, 15) is 5.11 Å². The minimum Gasteiger partial charge on any atom is -0.388 e. The zero-order valence-electron chi connectivity index (χ0n) is 19.8. The van der Waals surface area contributed by atoms with Crippen molar-refractivity contribution in [3.63, 3.8) is 0 Å². The van der Waals surface area contributed by atoms with Crippen molar-refractivity contribution in [3.05, 3.63) is 144 Å². The van der Waals surface area contributed by atoms with Crippen molar-refractivity contribution in [2.45, 2.75) is 12.1 Å². The predicted molar refractivity (Wildman–Crippen MR) is 139 cm³/mol. The van der Waals surface area contributed by atoms with Crippen LogP contribution in [-0.2, 0) is 12.1 Å². The number of hydrogen-bond acceptors (Lipinski definition) is 6. The summed E-state index contributed by atoms with van der Waals surface area (Å²) in [6.07, 6.45) is 0. The minimum absolute atomic E-state index is 0.225. The maximum Gasteiger partial charge on any atom is 0.205 e. The molecule has 0 spiro atoms. The van der Waals surface area contributed by atoms with Crippen LogP contribution in [0, 0.1) is 0 Å². The van der Waals surface area contributed by atoms with Crippen molar-refractivity contribution in [3.8, 4) is 22.6 Å². The van der Waals surface area contributed by atoms with Crippen molar-refractivity contribution < 1.29 is 9.63 Å². The van der Waals surface area contributed by atoms with Crippen molar-refractivity contribution in [1.82, 2.24) is 25.4 Å². The summed E-state index contributed by atoms with van der Waals surface area (Å²) in [6, 6.07) is 40.0. The van der Waals surface area contributed by atoms with Crippen molar-refractivity contribution in [2.24, 2.45) is 0 Å². The number of tetrazole rings is 1. The Balaban J connectivity index is 1.58. The largest absolute Gasteiger partial charge is 0.388 e. The molecule has 7 heteroatoms. The first-order chi connectivity index (χ1) is 18.3. The van der Waals surface area contributed by atoms with Gasteiger partial charge in [0.15, 0.2) is 11.3 Å². The SMILES string of the molecule is OCc1cc(-c2ccccc2-c2nnn(C(c3ccccc3)(c3ccccc3)c3ccccc3)n2)no1. The summed E-state index contributed by atoms with van der Waals surface area (Å²) < 4.78 is 5.23. The Bertz CT molecular complexity index is 1520. The molecule has 1 N–H and O–H groups in total. The van der Waals surface area contributed by atoms with E-state index in [4.69, 9.17) is 9.62 Å². The first-order valence-corrected chi connectivity index (χ1v) is 11.9. The summed E-state index contributed by atoms with van der Waals surface area (Å²) >= 11 is 0. The highest BCUT2D eigenvalue weighted by atomic mass is 16.5. The van der Waals surface area contributed by atoms with Crippen LogP contribution in [0.5, 0.6) is 0 Å². The third kappa shape index (κ3) is 3.91. The second-order valence-electron chi connectivity index (χ2n) is 8.59. The van der Waals surface area contributed by atoms with E-state index >= 15 is 0 Å². The van der Waals surface area contributed by atoms with E-state index in [0.29, 0.717) is 17.3 Å². The van der Waals surface area contributed by atoms with E-state index in [2.05, 4.69) is 51.9 Å². The fourth-order valence-electron chi connectivity index (χ4n) is 4.76. The number of aliphatic hydroxyl groups is 1. The molecule has 180 valence electrons. The second kappa shape index (κ2) is 9.64. The quantitative estimate of drug-likeness (QED) is 0.308. The van der Waals surface area contributed by atoms with Crippen molar-refractivity contribution >= 4 is 0 Å². The standard InChI is InChI=1S/C30H23N5O2/c36-21-25-20-28(33-37-25)26-18-10-11-19-27(26)29-31-34-35(32-29)30(22-12-4-1-5-13-22,23-14-6-2-7-15-23)24-16-8-3-9-17-24/h1-20,36H,21H2. The molecule has 0 aliphatic rings. The van der Waals surface area contributed by atoms with Gasteiger partial charge in [-0.3, -0.25) is 0 Å². The molecule has 4 aromatic carbocycles. The van der Waals surface area contributed by atoms with Gasteiger partial charge in [-0.25, -0.2) is 0 Å². The van der Waals surface area contributed by atoms with E-state index in [1.165, 1.54) is 0 Å². The van der Waals surface area contributed by atoms with Crippen LogP contribution in [0.3, 0.4) is 0 Å². The molecule has 6 rings (SSSR count). The van der Waals surface area contributed by atoms with Crippen LogP contribution in [0.1, 0.15) is 22.5 Å². The number of hydrogen-bond donors (Lipinski definition) is 1. The first kappa shape index (κ1) is 22.6. The van der Waals surface area contributed by atoms with Crippen LogP contribution >= 0.6 is 0 Å². The van der Waals surface area contributed by atoms with Crippen LogP contribution < -0.4 is 0 Å². The minimum atomic E-state index is -0.859. The van der Waals surface area contributed by atoms with Crippen molar-refractivity contribution in [1.29, 1.82) is 0 Å². The van der Waals surface area contributed by atoms with Gasteiger partial charge in [-0.2, -0.15) is 0 Å². The number of aromatic nitrogens is 5. The van der Waals surface area contributed by atoms with Gasteiger partial charge in [-0.05, 0) is 21.9 Å². The fourth-order valence-corrected chi connectivity index (χ4v) is 4.76. The number of aliphatic hydroxyl groups excluding tert-OH is 1. The lowest BCUT2D eigenvalue weighted by molar-refractivity contribution is 0.229. The summed E-state index contributed by atoms with van der Waals surface area (Å²) in [5, 5.41) is 27.7. The smallest absolute Gasteiger partial charge is 0.205 e. The van der Waals surface area contributed by atoms with Gasteiger partial charge in [0, 0.05) is 17.2 Å². The second-order valence-corrected chi connectivity index (χ2v) is 8.59. The van der Waals surface area contributed by atoms with E-state index in [0.717, 1.165) is 27.8 Å². The molecular weight excluding hydrogens is 462 g/mol. The lowest BCUT2D eigenvalue weighted by Crippen LogP contribution is -2.39. The number of benzene rings is 4. The summed E-state index contributed by atoms with van der Waals surface area (Å²) in [5.74, 6) is 0.842.